The number of amides is 2. The maximum Gasteiger partial charge on any atom is 0.245 e. The molecule has 2 heterocycles. The Balaban J connectivity index is 1.87. The van der Waals surface area contributed by atoms with Gasteiger partial charge < -0.3 is 15.2 Å². The number of piperazine rings is 1. The molecule has 20 heavy (non-hydrogen) atoms. The van der Waals surface area contributed by atoms with Gasteiger partial charge in [0.25, 0.3) is 0 Å². The van der Waals surface area contributed by atoms with Gasteiger partial charge in [0.1, 0.15) is 12.1 Å². The van der Waals surface area contributed by atoms with Gasteiger partial charge in [-0.05, 0) is 18.6 Å². The molecule has 0 spiro atoms. The summed E-state index contributed by atoms with van der Waals surface area (Å²) in [5, 5.41) is 3.90. The molecule has 5 nitrogen and oxygen atoms in total. The van der Waals surface area contributed by atoms with Gasteiger partial charge in [0.2, 0.25) is 11.8 Å². The molecule has 2 aromatic rings. The van der Waals surface area contributed by atoms with Crippen molar-refractivity contribution in [1.29, 1.82) is 0 Å². The summed E-state index contributed by atoms with van der Waals surface area (Å²) in [5.74, 6) is -0.140. The van der Waals surface area contributed by atoms with E-state index >= 15 is 0 Å². The van der Waals surface area contributed by atoms with Crippen molar-refractivity contribution in [2.45, 2.75) is 25.4 Å². The zero-order chi connectivity index (χ0) is 14.3. The Morgan fingerprint density at radius 3 is 2.80 bits per heavy atom. The first-order valence-electron chi connectivity index (χ1n) is 6.70. The number of aromatic amines is 1. The quantitative estimate of drug-likeness (QED) is 0.857. The summed E-state index contributed by atoms with van der Waals surface area (Å²) in [6, 6.07) is 7.06. The highest BCUT2D eigenvalue weighted by Gasteiger charge is 2.35. The van der Waals surface area contributed by atoms with Crippen molar-refractivity contribution in [3.8, 4) is 0 Å². The first-order valence-corrected chi connectivity index (χ1v) is 6.70. The van der Waals surface area contributed by atoms with E-state index in [1.807, 2.05) is 30.5 Å². The minimum absolute atomic E-state index is 0.0395. The Labute approximate surface area is 117 Å². The van der Waals surface area contributed by atoms with Crippen molar-refractivity contribution in [3.63, 3.8) is 0 Å². The van der Waals surface area contributed by atoms with Gasteiger partial charge in [0.05, 0.1) is 0 Å². The van der Waals surface area contributed by atoms with Crippen LogP contribution in [-0.2, 0) is 16.0 Å². The van der Waals surface area contributed by atoms with Crippen LogP contribution in [0.3, 0.4) is 0 Å². The lowest BCUT2D eigenvalue weighted by molar-refractivity contribution is -0.146. The molecular weight excluding hydrogens is 254 g/mol. The summed E-state index contributed by atoms with van der Waals surface area (Å²) in [5.41, 5.74) is 2.08. The fourth-order valence-corrected chi connectivity index (χ4v) is 2.63. The van der Waals surface area contributed by atoms with Crippen LogP contribution in [0.5, 0.6) is 0 Å². The summed E-state index contributed by atoms with van der Waals surface area (Å²) in [7, 11) is 1.67. The second-order valence-electron chi connectivity index (χ2n) is 5.25. The van der Waals surface area contributed by atoms with Crippen LogP contribution in [-0.4, -0.2) is 40.8 Å². The zero-order valence-electron chi connectivity index (χ0n) is 11.5. The van der Waals surface area contributed by atoms with Crippen molar-refractivity contribution in [1.82, 2.24) is 15.2 Å². The molecule has 1 saturated heterocycles. The SMILES string of the molecule is CC1C(=O)NC(Cc2c[nH]c3ccccc23)C(=O)N1C. The summed E-state index contributed by atoms with van der Waals surface area (Å²) >= 11 is 0. The number of hydrogen-bond acceptors (Lipinski definition) is 2. The molecule has 1 fully saturated rings. The lowest BCUT2D eigenvalue weighted by Crippen LogP contribution is -2.61. The molecule has 1 aliphatic rings. The maximum atomic E-state index is 12.2. The Kier molecular flexibility index (Phi) is 2.97. The lowest BCUT2D eigenvalue weighted by atomic mass is 10.0. The van der Waals surface area contributed by atoms with Crippen molar-refractivity contribution in [2.75, 3.05) is 7.05 Å². The average Bonchev–Trinajstić information content (AvgIpc) is 2.86. The summed E-state index contributed by atoms with van der Waals surface area (Å²) in [6.07, 6.45) is 2.41. The molecule has 2 atom stereocenters. The van der Waals surface area contributed by atoms with Crippen LogP contribution < -0.4 is 5.32 Å². The van der Waals surface area contributed by atoms with Crippen molar-refractivity contribution in [3.05, 3.63) is 36.0 Å². The van der Waals surface area contributed by atoms with Crippen molar-refractivity contribution < 1.29 is 9.59 Å². The monoisotopic (exact) mass is 271 g/mol. The van der Waals surface area contributed by atoms with Crippen LogP contribution in [0.25, 0.3) is 10.9 Å². The molecule has 2 amide bonds. The smallest absolute Gasteiger partial charge is 0.245 e. The molecule has 5 heteroatoms. The van der Waals surface area contributed by atoms with Gasteiger partial charge >= 0.3 is 0 Å². The van der Waals surface area contributed by atoms with Crippen LogP contribution in [0.2, 0.25) is 0 Å². The number of nitrogens with zero attached hydrogens (tertiary/aromatic N) is 1. The Bertz CT molecular complexity index is 677. The number of rotatable bonds is 2. The number of likely N-dealkylation sites (N-methyl/N-ethyl adjacent to an activating group) is 1. The largest absolute Gasteiger partial charge is 0.361 e. The van der Waals surface area contributed by atoms with E-state index in [1.54, 1.807) is 14.0 Å². The van der Waals surface area contributed by atoms with Crippen LogP contribution in [0.1, 0.15) is 12.5 Å². The van der Waals surface area contributed by atoms with E-state index < -0.39 is 12.1 Å². The predicted octanol–water partition coefficient (Wildman–Crippen LogP) is 1.06. The first kappa shape index (κ1) is 12.7. The molecule has 0 saturated carbocycles. The topological polar surface area (TPSA) is 65.2 Å². The van der Waals surface area contributed by atoms with Crippen LogP contribution in [0.15, 0.2) is 30.5 Å². The molecule has 0 bridgehead atoms. The number of para-hydroxylation sites is 1. The van der Waals surface area contributed by atoms with Gasteiger partial charge in [-0.2, -0.15) is 0 Å². The molecule has 0 radical (unpaired) electrons. The molecule has 2 N–H and O–H groups in total. The lowest BCUT2D eigenvalue weighted by Gasteiger charge is -2.34. The Morgan fingerprint density at radius 2 is 2.00 bits per heavy atom. The van der Waals surface area contributed by atoms with Crippen LogP contribution in [0, 0.1) is 0 Å². The van der Waals surface area contributed by atoms with Crippen LogP contribution >= 0.6 is 0 Å². The van der Waals surface area contributed by atoms with Gasteiger partial charge in [-0.3, -0.25) is 9.59 Å². The first-order chi connectivity index (χ1) is 9.58. The third kappa shape index (κ3) is 1.95. The minimum atomic E-state index is -0.483. The van der Waals surface area contributed by atoms with E-state index in [0.29, 0.717) is 6.42 Å². The van der Waals surface area contributed by atoms with Crippen molar-refractivity contribution in [2.24, 2.45) is 0 Å². The third-order valence-electron chi connectivity index (χ3n) is 4.02. The number of hydrogen-bond donors (Lipinski definition) is 2. The van der Waals surface area contributed by atoms with E-state index in [2.05, 4.69) is 10.3 Å². The molecule has 1 aromatic carbocycles. The number of carbonyl (C=O) groups excluding carboxylic acids is 2. The highest BCUT2D eigenvalue weighted by molar-refractivity contribution is 5.97. The van der Waals surface area contributed by atoms with E-state index in [-0.39, 0.29) is 11.8 Å². The normalized spacial score (nSPS) is 23.2. The number of carbonyl (C=O) groups is 2. The molecule has 1 aliphatic heterocycles. The van der Waals surface area contributed by atoms with Crippen LogP contribution in [0.4, 0.5) is 0 Å². The Morgan fingerprint density at radius 1 is 1.25 bits per heavy atom. The zero-order valence-corrected chi connectivity index (χ0v) is 11.5. The minimum Gasteiger partial charge on any atom is -0.361 e. The second-order valence-corrected chi connectivity index (χ2v) is 5.25. The highest BCUT2D eigenvalue weighted by Crippen LogP contribution is 2.20. The number of benzene rings is 1. The van der Waals surface area contributed by atoms with E-state index in [1.165, 1.54) is 4.90 Å². The second kappa shape index (κ2) is 4.67. The average molecular weight is 271 g/mol. The van der Waals surface area contributed by atoms with Gasteiger partial charge in [-0.1, -0.05) is 18.2 Å². The predicted molar refractivity (Wildman–Crippen MR) is 76.2 cm³/mol. The Hall–Kier alpha value is -2.30. The molecule has 104 valence electrons. The van der Waals surface area contributed by atoms with E-state index in [4.69, 9.17) is 0 Å². The maximum absolute atomic E-state index is 12.2. The fraction of sp³-hybridized carbons (Fsp3) is 0.333. The van der Waals surface area contributed by atoms with Gasteiger partial charge in [-0.25, -0.2) is 0 Å². The summed E-state index contributed by atoms with van der Waals surface area (Å²) < 4.78 is 0. The van der Waals surface area contributed by atoms with Crippen molar-refractivity contribution >= 4 is 22.7 Å². The summed E-state index contributed by atoms with van der Waals surface area (Å²) in [4.78, 5) is 28.8. The highest BCUT2D eigenvalue weighted by atomic mass is 16.2. The molecular formula is C15H17N3O2. The van der Waals surface area contributed by atoms with Gasteiger partial charge in [0.15, 0.2) is 0 Å². The molecule has 3 rings (SSSR count). The van der Waals surface area contributed by atoms with Gasteiger partial charge in [0, 0.05) is 30.6 Å². The number of H-pyrrole nitrogens is 1. The third-order valence-corrected chi connectivity index (χ3v) is 4.02. The molecule has 0 aliphatic carbocycles. The summed E-state index contributed by atoms with van der Waals surface area (Å²) in [6.45, 7) is 1.73. The van der Waals surface area contributed by atoms with E-state index in [9.17, 15) is 9.59 Å². The van der Waals surface area contributed by atoms with E-state index in [0.717, 1.165) is 16.5 Å². The standard InChI is InChI=1S/C15H17N3O2/c1-9-14(19)17-13(15(20)18(9)2)7-10-8-16-12-6-4-3-5-11(10)12/h3-6,8-9,13,16H,7H2,1-2H3,(H,17,19). The fourth-order valence-electron chi connectivity index (χ4n) is 2.63. The molecule has 1 aromatic heterocycles. The number of fused-ring (bicyclic) bond motifs is 1. The molecule has 2 unspecified atom stereocenters. The van der Waals surface area contributed by atoms with Gasteiger partial charge in [-0.15, -0.1) is 0 Å². The number of aromatic nitrogens is 1. The number of nitrogens with one attached hydrogen (secondary N) is 2.